The number of hydrogen-bond acceptors (Lipinski definition) is 2. The van der Waals surface area contributed by atoms with Crippen molar-refractivity contribution in [1.29, 1.82) is 0 Å². The van der Waals surface area contributed by atoms with Crippen LogP contribution in [-0.2, 0) is 0 Å². The second kappa shape index (κ2) is 6.01. The van der Waals surface area contributed by atoms with E-state index < -0.39 is 5.82 Å². The van der Waals surface area contributed by atoms with E-state index in [1.165, 1.54) is 6.07 Å². The minimum atomic E-state index is -0.408. The average Bonchev–Trinajstić information content (AvgIpc) is 2.25. The van der Waals surface area contributed by atoms with Crippen LogP contribution in [0.2, 0.25) is 0 Å². The number of halogens is 1. The molecule has 3 heteroatoms. The van der Waals surface area contributed by atoms with Crippen LogP contribution in [0.4, 0.5) is 4.39 Å². The molecule has 0 heterocycles. The first kappa shape index (κ1) is 14.0. The summed E-state index contributed by atoms with van der Waals surface area (Å²) in [5.74, 6) is 0.799. The molecule has 0 aliphatic rings. The molecule has 96 valence electrons. The summed E-state index contributed by atoms with van der Waals surface area (Å²) in [4.78, 5) is 0. The predicted molar refractivity (Wildman–Crippen MR) is 68.5 cm³/mol. The maximum absolute atomic E-state index is 12.9. The molecule has 0 radical (unpaired) electrons. The van der Waals surface area contributed by atoms with Crippen molar-refractivity contribution < 1.29 is 9.50 Å². The zero-order chi connectivity index (χ0) is 13.0. The van der Waals surface area contributed by atoms with Gasteiger partial charge in [-0.1, -0.05) is 26.8 Å². The van der Waals surface area contributed by atoms with Crippen LogP contribution in [0.25, 0.3) is 0 Å². The van der Waals surface area contributed by atoms with Crippen LogP contribution >= 0.6 is 0 Å². The van der Waals surface area contributed by atoms with E-state index in [0.717, 1.165) is 18.2 Å². The molecule has 2 atom stereocenters. The highest BCUT2D eigenvalue weighted by molar-refractivity contribution is 5.34. The van der Waals surface area contributed by atoms with Crippen LogP contribution in [-0.4, -0.2) is 11.7 Å². The van der Waals surface area contributed by atoms with Crippen LogP contribution in [0.5, 0.6) is 5.75 Å². The van der Waals surface area contributed by atoms with Gasteiger partial charge in [0.1, 0.15) is 11.6 Å². The van der Waals surface area contributed by atoms with E-state index in [1.807, 2.05) is 6.92 Å². The van der Waals surface area contributed by atoms with E-state index in [0.29, 0.717) is 11.8 Å². The lowest BCUT2D eigenvalue weighted by Gasteiger charge is -2.21. The van der Waals surface area contributed by atoms with Crippen LogP contribution in [0.3, 0.4) is 0 Å². The van der Waals surface area contributed by atoms with Gasteiger partial charge < -0.3 is 10.4 Å². The van der Waals surface area contributed by atoms with E-state index in [-0.39, 0.29) is 11.8 Å². The Kier molecular flexibility index (Phi) is 4.94. The van der Waals surface area contributed by atoms with E-state index in [2.05, 4.69) is 26.1 Å². The van der Waals surface area contributed by atoms with Gasteiger partial charge in [-0.25, -0.2) is 4.39 Å². The number of rotatable bonds is 5. The van der Waals surface area contributed by atoms with Gasteiger partial charge in [0.05, 0.1) is 0 Å². The maximum Gasteiger partial charge on any atom is 0.126 e. The zero-order valence-corrected chi connectivity index (χ0v) is 11.0. The molecule has 0 fully saturated rings. The second-order valence-corrected chi connectivity index (χ2v) is 5.05. The topological polar surface area (TPSA) is 32.3 Å². The van der Waals surface area contributed by atoms with Gasteiger partial charge in [-0.3, -0.25) is 0 Å². The Balaban J connectivity index is 2.61. The molecule has 0 saturated heterocycles. The van der Waals surface area contributed by atoms with Gasteiger partial charge in [0.25, 0.3) is 0 Å². The Bertz CT molecular complexity index is 365. The molecule has 0 amide bonds. The molecule has 2 nitrogen and oxygen atoms in total. The van der Waals surface area contributed by atoms with Crippen LogP contribution < -0.4 is 5.32 Å². The maximum atomic E-state index is 12.9. The highest BCUT2D eigenvalue weighted by atomic mass is 19.1. The summed E-state index contributed by atoms with van der Waals surface area (Å²) in [6.07, 6.45) is 0. The summed E-state index contributed by atoms with van der Waals surface area (Å²) in [5, 5.41) is 13.0. The summed E-state index contributed by atoms with van der Waals surface area (Å²) in [6, 6.07) is 4.18. The molecule has 1 rings (SSSR count). The molecular formula is C14H22FNO. The van der Waals surface area contributed by atoms with Gasteiger partial charge in [0.15, 0.2) is 0 Å². The predicted octanol–water partition coefficient (Wildman–Crippen LogP) is 3.47. The molecule has 2 N–H and O–H groups in total. The zero-order valence-electron chi connectivity index (χ0n) is 11.0. The number of benzene rings is 1. The normalized spacial score (nSPS) is 14.9. The highest BCUT2D eigenvalue weighted by Crippen LogP contribution is 2.24. The summed E-state index contributed by atoms with van der Waals surface area (Å²) in [5.41, 5.74) is 0.738. The second-order valence-electron chi connectivity index (χ2n) is 5.05. The van der Waals surface area contributed by atoms with Gasteiger partial charge in [0.2, 0.25) is 0 Å². The third-order valence-corrected chi connectivity index (χ3v) is 3.34. The number of phenolic OH excluding ortho intramolecular Hbond substituents is 1. The summed E-state index contributed by atoms with van der Waals surface area (Å²) in [7, 11) is 0. The van der Waals surface area contributed by atoms with E-state index >= 15 is 0 Å². The number of hydrogen-bond donors (Lipinski definition) is 2. The summed E-state index contributed by atoms with van der Waals surface area (Å²) >= 11 is 0. The number of nitrogens with one attached hydrogen (secondary N) is 1. The fourth-order valence-corrected chi connectivity index (χ4v) is 1.59. The van der Waals surface area contributed by atoms with Crippen molar-refractivity contribution in [1.82, 2.24) is 5.32 Å². The fraction of sp³-hybridized carbons (Fsp3) is 0.571. The van der Waals surface area contributed by atoms with Crippen molar-refractivity contribution in [3.8, 4) is 5.75 Å². The molecule has 0 aliphatic heterocycles. The first-order chi connectivity index (χ1) is 7.91. The van der Waals surface area contributed by atoms with Crippen molar-refractivity contribution in [2.45, 2.75) is 33.7 Å². The molecule has 17 heavy (non-hydrogen) atoms. The lowest BCUT2D eigenvalue weighted by Crippen LogP contribution is -2.26. The molecule has 1 aromatic carbocycles. The van der Waals surface area contributed by atoms with Crippen molar-refractivity contribution in [2.75, 3.05) is 6.54 Å². The fourth-order valence-electron chi connectivity index (χ4n) is 1.59. The first-order valence-corrected chi connectivity index (χ1v) is 6.13. The average molecular weight is 239 g/mol. The Morgan fingerprint density at radius 3 is 2.41 bits per heavy atom. The minimum absolute atomic E-state index is 0.0159. The van der Waals surface area contributed by atoms with Crippen molar-refractivity contribution in [3.63, 3.8) is 0 Å². The standard InChI is InChI=1S/C14H22FNO/c1-9(2)10(3)8-16-11(4)13-6-5-12(15)7-14(13)17/h5-7,9-11,16-17H,8H2,1-4H3. The Hall–Kier alpha value is -1.09. The Morgan fingerprint density at radius 2 is 1.88 bits per heavy atom. The third-order valence-electron chi connectivity index (χ3n) is 3.34. The van der Waals surface area contributed by atoms with Gasteiger partial charge in [-0.2, -0.15) is 0 Å². The van der Waals surface area contributed by atoms with Crippen LogP contribution in [0.15, 0.2) is 18.2 Å². The number of phenols is 1. The molecule has 0 bridgehead atoms. The Morgan fingerprint density at radius 1 is 1.24 bits per heavy atom. The van der Waals surface area contributed by atoms with Crippen molar-refractivity contribution >= 4 is 0 Å². The molecular weight excluding hydrogens is 217 g/mol. The molecule has 2 unspecified atom stereocenters. The number of aromatic hydroxyl groups is 1. The monoisotopic (exact) mass is 239 g/mol. The van der Waals surface area contributed by atoms with E-state index in [1.54, 1.807) is 6.07 Å². The smallest absolute Gasteiger partial charge is 0.126 e. The molecule has 0 saturated carbocycles. The largest absolute Gasteiger partial charge is 0.508 e. The molecule has 0 aromatic heterocycles. The van der Waals surface area contributed by atoms with E-state index in [9.17, 15) is 9.50 Å². The van der Waals surface area contributed by atoms with Gasteiger partial charge in [-0.05, 0) is 31.4 Å². The highest BCUT2D eigenvalue weighted by Gasteiger charge is 2.13. The van der Waals surface area contributed by atoms with Gasteiger partial charge in [0, 0.05) is 17.7 Å². The lowest BCUT2D eigenvalue weighted by molar-refractivity contribution is 0.370. The Labute approximate surface area is 103 Å². The quantitative estimate of drug-likeness (QED) is 0.824. The summed E-state index contributed by atoms with van der Waals surface area (Å²) < 4.78 is 12.9. The van der Waals surface area contributed by atoms with Gasteiger partial charge in [-0.15, -0.1) is 0 Å². The van der Waals surface area contributed by atoms with Crippen LogP contribution in [0.1, 0.15) is 39.3 Å². The van der Waals surface area contributed by atoms with Crippen molar-refractivity contribution in [3.05, 3.63) is 29.6 Å². The third kappa shape index (κ3) is 4.00. The van der Waals surface area contributed by atoms with Gasteiger partial charge >= 0.3 is 0 Å². The van der Waals surface area contributed by atoms with E-state index in [4.69, 9.17) is 0 Å². The SMILES string of the molecule is CC(NCC(C)C(C)C)c1ccc(F)cc1O. The first-order valence-electron chi connectivity index (χ1n) is 6.13. The lowest BCUT2D eigenvalue weighted by atomic mass is 9.97. The van der Waals surface area contributed by atoms with Crippen molar-refractivity contribution in [2.24, 2.45) is 11.8 Å². The molecule has 0 aliphatic carbocycles. The minimum Gasteiger partial charge on any atom is -0.508 e. The molecule has 0 spiro atoms. The molecule has 1 aromatic rings. The van der Waals surface area contributed by atoms with Crippen LogP contribution in [0, 0.1) is 17.7 Å². The summed E-state index contributed by atoms with van der Waals surface area (Å²) in [6.45, 7) is 9.42.